The van der Waals surface area contributed by atoms with E-state index in [0.717, 1.165) is 33.7 Å². The molecule has 1 saturated heterocycles. The van der Waals surface area contributed by atoms with E-state index < -0.39 is 0 Å². The van der Waals surface area contributed by atoms with E-state index in [0.29, 0.717) is 19.5 Å². The molecule has 4 aromatic rings. The van der Waals surface area contributed by atoms with Crippen LogP contribution < -0.4 is 4.90 Å². The van der Waals surface area contributed by atoms with E-state index in [1.165, 1.54) is 0 Å². The van der Waals surface area contributed by atoms with Crippen LogP contribution in [0.15, 0.2) is 78.9 Å². The SMILES string of the molecule is Cc1ccccc1N1CC(c2nc3ccccc3n2CC(=O)N(Cc2ccccc2)C(C)C)CC1=O. The zero-order valence-corrected chi connectivity index (χ0v) is 21.1. The Kier molecular flexibility index (Phi) is 6.59. The number of amides is 2. The monoisotopic (exact) mass is 480 g/mol. The van der Waals surface area contributed by atoms with Gasteiger partial charge in [0, 0.05) is 37.2 Å². The van der Waals surface area contributed by atoms with Gasteiger partial charge < -0.3 is 14.4 Å². The highest BCUT2D eigenvalue weighted by Gasteiger charge is 2.36. The largest absolute Gasteiger partial charge is 0.334 e. The summed E-state index contributed by atoms with van der Waals surface area (Å²) >= 11 is 0. The number of para-hydroxylation sites is 3. The van der Waals surface area contributed by atoms with Gasteiger partial charge in [-0.3, -0.25) is 9.59 Å². The fourth-order valence-corrected chi connectivity index (χ4v) is 5.12. The summed E-state index contributed by atoms with van der Waals surface area (Å²) in [5, 5.41) is 0. The number of benzene rings is 3. The molecule has 3 aromatic carbocycles. The van der Waals surface area contributed by atoms with Crippen LogP contribution in [0.1, 0.15) is 43.1 Å². The molecule has 0 saturated carbocycles. The normalized spacial score (nSPS) is 15.7. The molecule has 2 amide bonds. The van der Waals surface area contributed by atoms with Gasteiger partial charge in [0.1, 0.15) is 12.4 Å². The molecule has 6 nitrogen and oxygen atoms in total. The third-order valence-electron chi connectivity index (χ3n) is 7.01. The Labute approximate surface area is 212 Å². The lowest BCUT2D eigenvalue weighted by atomic mass is 10.1. The Hall–Kier alpha value is -3.93. The molecule has 1 aliphatic rings. The maximum absolute atomic E-state index is 13.7. The van der Waals surface area contributed by atoms with Gasteiger partial charge in [-0.25, -0.2) is 4.98 Å². The molecule has 1 unspecified atom stereocenters. The van der Waals surface area contributed by atoms with Crippen molar-refractivity contribution < 1.29 is 9.59 Å². The second-order valence-electron chi connectivity index (χ2n) is 9.84. The van der Waals surface area contributed by atoms with E-state index >= 15 is 0 Å². The molecule has 1 atom stereocenters. The first kappa shape index (κ1) is 23.8. The topological polar surface area (TPSA) is 58.4 Å². The molecule has 1 aromatic heterocycles. The zero-order chi connectivity index (χ0) is 25.2. The number of imidazole rings is 1. The second kappa shape index (κ2) is 9.97. The molecule has 0 radical (unpaired) electrons. The van der Waals surface area contributed by atoms with Crippen molar-refractivity contribution in [2.75, 3.05) is 11.4 Å². The summed E-state index contributed by atoms with van der Waals surface area (Å²) in [6.45, 7) is 7.42. The Morgan fingerprint density at radius 2 is 1.69 bits per heavy atom. The van der Waals surface area contributed by atoms with Gasteiger partial charge in [-0.2, -0.15) is 0 Å². The first-order valence-corrected chi connectivity index (χ1v) is 12.6. The third-order valence-corrected chi connectivity index (χ3v) is 7.01. The molecular formula is C30H32N4O2. The smallest absolute Gasteiger partial charge is 0.243 e. The predicted octanol–water partition coefficient (Wildman–Crippen LogP) is 5.30. The predicted molar refractivity (Wildman–Crippen MR) is 143 cm³/mol. The van der Waals surface area contributed by atoms with Gasteiger partial charge in [0.15, 0.2) is 0 Å². The molecule has 6 heteroatoms. The molecule has 1 aliphatic heterocycles. The van der Waals surface area contributed by atoms with Gasteiger partial charge >= 0.3 is 0 Å². The Balaban J connectivity index is 1.46. The summed E-state index contributed by atoms with van der Waals surface area (Å²) in [5.41, 5.74) is 4.89. The summed E-state index contributed by atoms with van der Waals surface area (Å²) in [5.74, 6) is 0.849. The van der Waals surface area contributed by atoms with Gasteiger partial charge in [-0.05, 0) is 50.1 Å². The van der Waals surface area contributed by atoms with Crippen LogP contribution in [0.2, 0.25) is 0 Å². The van der Waals surface area contributed by atoms with Crippen molar-refractivity contribution >= 4 is 28.5 Å². The van der Waals surface area contributed by atoms with Gasteiger partial charge in [0.2, 0.25) is 11.8 Å². The fourth-order valence-electron chi connectivity index (χ4n) is 5.12. The van der Waals surface area contributed by atoms with Crippen molar-refractivity contribution in [1.29, 1.82) is 0 Å². The minimum atomic E-state index is -0.0843. The number of aromatic nitrogens is 2. The Bertz CT molecular complexity index is 1390. The fraction of sp³-hybridized carbons (Fsp3) is 0.300. The number of aryl methyl sites for hydroxylation is 1. The molecule has 2 heterocycles. The van der Waals surface area contributed by atoms with Crippen LogP contribution in [0, 0.1) is 6.92 Å². The lowest BCUT2D eigenvalue weighted by Crippen LogP contribution is -2.39. The first-order chi connectivity index (χ1) is 17.4. The van der Waals surface area contributed by atoms with Gasteiger partial charge in [0.05, 0.1) is 11.0 Å². The van der Waals surface area contributed by atoms with Crippen LogP contribution in [-0.2, 0) is 22.7 Å². The van der Waals surface area contributed by atoms with E-state index in [1.807, 2.05) is 114 Å². The minimum absolute atomic E-state index is 0.0401. The highest BCUT2D eigenvalue weighted by molar-refractivity contribution is 5.97. The van der Waals surface area contributed by atoms with Crippen molar-refractivity contribution in [3.63, 3.8) is 0 Å². The molecule has 0 N–H and O–H groups in total. The summed E-state index contributed by atoms with van der Waals surface area (Å²) < 4.78 is 2.03. The molecular weight excluding hydrogens is 448 g/mol. The van der Waals surface area contributed by atoms with Crippen molar-refractivity contribution in [1.82, 2.24) is 14.5 Å². The average Bonchev–Trinajstić information content (AvgIpc) is 3.43. The molecule has 1 fully saturated rings. The Morgan fingerprint density at radius 3 is 2.44 bits per heavy atom. The lowest BCUT2D eigenvalue weighted by Gasteiger charge is -2.28. The number of carbonyl (C=O) groups is 2. The van der Waals surface area contributed by atoms with Crippen molar-refractivity contribution in [2.24, 2.45) is 0 Å². The van der Waals surface area contributed by atoms with Crippen LogP contribution >= 0.6 is 0 Å². The highest BCUT2D eigenvalue weighted by Crippen LogP contribution is 2.34. The van der Waals surface area contributed by atoms with Crippen molar-refractivity contribution in [3.8, 4) is 0 Å². The van der Waals surface area contributed by atoms with Crippen molar-refractivity contribution in [3.05, 3.63) is 95.8 Å². The number of hydrogen-bond acceptors (Lipinski definition) is 3. The maximum Gasteiger partial charge on any atom is 0.243 e. The summed E-state index contributed by atoms with van der Waals surface area (Å²) in [4.78, 5) is 35.4. The molecule has 184 valence electrons. The van der Waals surface area contributed by atoms with Crippen LogP contribution in [0.3, 0.4) is 0 Å². The number of rotatable bonds is 7. The molecule has 0 aliphatic carbocycles. The average molecular weight is 481 g/mol. The maximum atomic E-state index is 13.7. The quantitative estimate of drug-likeness (QED) is 0.361. The standard InChI is InChI=1S/C30H32N4O2/c1-21(2)32(18-23-12-5-4-6-13-23)29(36)20-34-27-16-10-8-14-25(27)31-30(34)24-17-28(35)33(19-24)26-15-9-7-11-22(26)3/h4-16,21,24H,17-20H2,1-3H3. The highest BCUT2D eigenvalue weighted by atomic mass is 16.2. The summed E-state index contributed by atoms with van der Waals surface area (Å²) in [7, 11) is 0. The van der Waals surface area contributed by atoms with E-state index in [4.69, 9.17) is 4.98 Å². The Morgan fingerprint density at radius 1 is 1.00 bits per heavy atom. The number of nitrogens with zero attached hydrogens (tertiary/aromatic N) is 4. The molecule has 0 bridgehead atoms. The van der Waals surface area contributed by atoms with E-state index in [9.17, 15) is 9.59 Å². The third kappa shape index (κ3) is 4.63. The molecule has 36 heavy (non-hydrogen) atoms. The van der Waals surface area contributed by atoms with Crippen LogP contribution in [0.25, 0.3) is 11.0 Å². The lowest BCUT2D eigenvalue weighted by molar-refractivity contribution is -0.134. The van der Waals surface area contributed by atoms with E-state index in [1.54, 1.807) is 0 Å². The number of hydrogen-bond donors (Lipinski definition) is 0. The first-order valence-electron chi connectivity index (χ1n) is 12.6. The summed E-state index contributed by atoms with van der Waals surface area (Å²) in [6.07, 6.45) is 0.379. The minimum Gasteiger partial charge on any atom is -0.334 e. The van der Waals surface area contributed by atoms with Crippen LogP contribution in [0.4, 0.5) is 5.69 Å². The molecule has 5 rings (SSSR count). The number of carbonyl (C=O) groups excluding carboxylic acids is 2. The van der Waals surface area contributed by atoms with Gasteiger partial charge in [0.25, 0.3) is 0 Å². The number of fused-ring (bicyclic) bond motifs is 1. The zero-order valence-electron chi connectivity index (χ0n) is 21.1. The van der Waals surface area contributed by atoms with Crippen LogP contribution in [-0.4, -0.2) is 38.9 Å². The summed E-state index contributed by atoms with van der Waals surface area (Å²) in [6, 6.07) is 26.0. The van der Waals surface area contributed by atoms with E-state index in [-0.39, 0.29) is 30.3 Å². The van der Waals surface area contributed by atoms with Crippen molar-refractivity contribution in [2.45, 2.75) is 52.2 Å². The molecule has 0 spiro atoms. The number of anilines is 1. The van der Waals surface area contributed by atoms with Crippen LogP contribution in [0.5, 0.6) is 0 Å². The van der Waals surface area contributed by atoms with Gasteiger partial charge in [-0.15, -0.1) is 0 Å². The second-order valence-corrected chi connectivity index (χ2v) is 9.84. The van der Waals surface area contributed by atoms with Gasteiger partial charge in [-0.1, -0.05) is 60.7 Å². The van der Waals surface area contributed by atoms with E-state index in [2.05, 4.69) is 0 Å².